The second kappa shape index (κ2) is 5.83. The first-order valence-electron chi connectivity index (χ1n) is 7.05. The summed E-state index contributed by atoms with van der Waals surface area (Å²) < 4.78 is 0. The summed E-state index contributed by atoms with van der Waals surface area (Å²) >= 11 is 0. The minimum Gasteiger partial charge on any atom is -0.364 e. The van der Waals surface area contributed by atoms with E-state index in [0.29, 0.717) is 12.2 Å². The highest BCUT2D eigenvalue weighted by molar-refractivity contribution is 6.39. The molecular formula is C16H17N3O2. The average molecular weight is 283 g/mol. The minimum atomic E-state index is -0.639. The van der Waals surface area contributed by atoms with Crippen LogP contribution in [0.15, 0.2) is 36.5 Å². The van der Waals surface area contributed by atoms with E-state index < -0.39 is 11.8 Å². The molecule has 0 fully saturated rings. The Hall–Kier alpha value is -2.56. The highest BCUT2D eigenvalue weighted by Gasteiger charge is 2.15. The number of nitrogens with one attached hydrogen (secondary N) is 3. The number of aromatic amines is 1. The van der Waals surface area contributed by atoms with E-state index in [1.54, 1.807) is 6.20 Å². The number of aromatic nitrogens is 1. The summed E-state index contributed by atoms with van der Waals surface area (Å²) in [5.74, 6) is -1.27. The van der Waals surface area contributed by atoms with Crippen molar-refractivity contribution in [3.63, 3.8) is 0 Å². The zero-order chi connectivity index (χ0) is 14.7. The summed E-state index contributed by atoms with van der Waals surface area (Å²) in [6, 6.07) is 9.51. The number of benzene rings is 1. The van der Waals surface area contributed by atoms with Gasteiger partial charge in [-0.3, -0.25) is 9.59 Å². The monoisotopic (exact) mass is 283 g/mol. The molecule has 5 nitrogen and oxygen atoms in total. The minimum absolute atomic E-state index is 0.309. The fourth-order valence-electron chi connectivity index (χ4n) is 2.57. The Morgan fingerprint density at radius 1 is 1.10 bits per heavy atom. The van der Waals surface area contributed by atoms with Crippen molar-refractivity contribution in [3.05, 3.63) is 53.3 Å². The van der Waals surface area contributed by atoms with Gasteiger partial charge in [0.05, 0.1) is 6.54 Å². The van der Waals surface area contributed by atoms with Crippen LogP contribution in [0.25, 0.3) is 0 Å². The maximum atomic E-state index is 11.8. The number of amides is 2. The molecule has 1 heterocycles. The third-order valence-corrected chi connectivity index (χ3v) is 3.66. The molecule has 0 saturated carbocycles. The average Bonchev–Trinajstić information content (AvgIpc) is 3.15. The van der Waals surface area contributed by atoms with Crippen LogP contribution < -0.4 is 10.6 Å². The van der Waals surface area contributed by atoms with E-state index in [1.165, 1.54) is 11.1 Å². The molecule has 2 aromatic rings. The molecule has 0 radical (unpaired) electrons. The van der Waals surface area contributed by atoms with Crippen LogP contribution in [0.4, 0.5) is 5.69 Å². The van der Waals surface area contributed by atoms with Gasteiger partial charge in [0.25, 0.3) is 0 Å². The third kappa shape index (κ3) is 3.13. The van der Waals surface area contributed by atoms with E-state index in [2.05, 4.69) is 15.6 Å². The Balaban J connectivity index is 1.56. The lowest BCUT2D eigenvalue weighted by Crippen LogP contribution is -2.35. The Morgan fingerprint density at radius 3 is 2.76 bits per heavy atom. The second-order valence-electron chi connectivity index (χ2n) is 5.17. The first kappa shape index (κ1) is 13.4. The van der Waals surface area contributed by atoms with Crippen LogP contribution in [0.2, 0.25) is 0 Å². The van der Waals surface area contributed by atoms with Crippen molar-refractivity contribution in [2.75, 3.05) is 5.32 Å². The van der Waals surface area contributed by atoms with Gasteiger partial charge in [0, 0.05) is 17.6 Å². The lowest BCUT2D eigenvalue weighted by atomic mass is 10.1. The van der Waals surface area contributed by atoms with E-state index >= 15 is 0 Å². The SMILES string of the molecule is O=C(NCc1ccc[nH]1)C(=O)Nc1ccc2c(c1)CCC2. The standard InChI is InChI=1S/C16H17N3O2/c20-15(18-10-14-5-2-8-17-14)16(21)19-13-7-6-11-3-1-4-12(11)9-13/h2,5-9,17H,1,3-4,10H2,(H,18,20)(H,19,21). The van der Waals surface area contributed by atoms with Crippen LogP contribution in [0.5, 0.6) is 0 Å². The molecule has 21 heavy (non-hydrogen) atoms. The molecule has 1 aromatic carbocycles. The lowest BCUT2D eigenvalue weighted by Gasteiger charge is -2.07. The molecule has 5 heteroatoms. The molecular weight excluding hydrogens is 266 g/mol. The molecule has 1 aromatic heterocycles. The maximum Gasteiger partial charge on any atom is 0.313 e. The zero-order valence-corrected chi connectivity index (χ0v) is 11.6. The Kier molecular flexibility index (Phi) is 3.73. The number of hydrogen-bond donors (Lipinski definition) is 3. The van der Waals surface area contributed by atoms with Gasteiger partial charge in [0.15, 0.2) is 0 Å². The Labute approximate surface area is 122 Å². The molecule has 3 N–H and O–H groups in total. The van der Waals surface area contributed by atoms with E-state index in [1.807, 2.05) is 30.3 Å². The molecule has 0 aliphatic heterocycles. The molecule has 0 unspecified atom stereocenters. The van der Waals surface area contributed by atoms with Gasteiger partial charge in [0.1, 0.15) is 0 Å². The smallest absolute Gasteiger partial charge is 0.313 e. The molecule has 0 bridgehead atoms. The van der Waals surface area contributed by atoms with Crippen LogP contribution in [-0.4, -0.2) is 16.8 Å². The summed E-state index contributed by atoms with van der Waals surface area (Å²) in [5.41, 5.74) is 4.13. The summed E-state index contributed by atoms with van der Waals surface area (Å²) in [5, 5.41) is 5.22. The van der Waals surface area contributed by atoms with E-state index in [4.69, 9.17) is 0 Å². The van der Waals surface area contributed by atoms with Crippen LogP contribution >= 0.6 is 0 Å². The Morgan fingerprint density at radius 2 is 1.95 bits per heavy atom. The van der Waals surface area contributed by atoms with E-state index in [0.717, 1.165) is 25.0 Å². The fraction of sp³-hybridized carbons (Fsp3) is 0.250. The van der Waals surface area contributed by atoms with Gasteiger partial charge in [-0.2, -0.15) is 0 Å². The molecule has 1 aliphatic rings. The lowest BCUT2D eigenvalue weighted by molar-refractivity contribution is -0.136. The molecule has 0 atom stereocenters. The number of H-pyrrole nitrogens is 1. The number of anilines is 1. The van der Waals surface area contributed by atoms with Crippen LogP contribution in [0.3, 0.4) is 0 Å². The van der Waals surface area contributed by atoms with Crippen molar-refractivity contribution in [2.24, 2.45) is 0 Å². The number of carbonyl (C=O) groups is 2. The molecule has 0 saturated heterocycles. The normalized spacial score (nSPS) is 12.8. The van der Waals surface area contributed by atoms with E-state index in [9.17, 15) is 9.59 Å². The van der Waals surface area contributed by atoms with Gasteiger partial charge in [-0.15, -0.1) is 0 Å². The zero-order valence-electron chi connectivity index (χ0n) is 11.6. The van der Waals surface area contributed by atoms with Gasteiger partial charge in [0.2, 0.25) is 0 Å². The summed E-state index contributed by atoms with van der Waals surface area (Å²) in [6.45, 7) is 0.309. The number of aryl methyl sites for hydroxylation is 2. The molecule has 2 amide bonds. The quantitative estimate of drug-likeness (QED) is 0.751. The second-order valence-corrected chi connectivity index (χ2v) is 5.17. The van der Waals surface area contributed by atoms with Crippen molar-refractivity contribution in [2.45, 2.75) is 25.8 Å². The number of carbonyl (C=O) groups excluding carboxylic acids is 2. The van der Waals surface area contributed by atoms with Crippen molar-refractivity contribution in [3.8, 4) is 0 Å². The number of rotatable bonds is 3. The molecule has 0 spiro atoms. The topological polar surface area (TPSA) is 74.0 Å². The molecule has 3 rings (SSSR count). The predicted molar refractivity (Wildman–Crippen MR) is 79.7 cm³/mol. The first-order valence-corrected chi connectivity index (χ1v) is 7.05. The maximum absolute atomic E-state index is 11.8. The molecule has 1 aliphatic carbocycles. The highest BCUT2D eigenvalue weighted by Crippen LogP contribution is 2.24. The van der Waals surface area contributed by atoms with E-state index in [-0.39, 0.29) is 0 Å². The summed E-state index contributed by atoms with van der Waals surface area (Å²) in [7, 11) is 0. The Bertz CT molecular complexity index is 662. The predicted octanol–water partition coefficient (Wildman–Crippen LogP) is 1.76. The van der Waals surface area contributed by atoms with Gasteiger partial charge in [-0.25, -0.2) is 0 Å². The van der Waals surface area contributed by atoms with Gasteiger partial charge in [-0.1, -0.05) is 6.07 Å². The molecule has 108 valence electrons. The third-order valence-electron chi connectivity index (χ3n) is 3.66. The van der Waals surface area contributed by atoms with Crippen molar-refractivity contribution in [1.82, 2.24) is 10.3 Å². The van der Waals surface area contributed by atoms with Crippen LogP contribution in [0, 0.1) is 0 Å². The van der Waals surface area contributed by atoms with Crippen LogP contribution in [-0.2, 0) is 29.0 Å². The fourth-order valence-corrected chi connectivity index (χ4v) is 2.57. The summed E-state index contributed by atoms with van der Waals surface area (Å²) in [6.07, 6.45) is 5.06. The van der Waals surface area contributed by atoms with Gasteiger partial charge >= 0.3 is 11.8 Å². The summed E-state index contributed by atoms with van der Waals surface area (Å²) in [4.78, 5) is 26.5. The largest absolute Gasteiger partial charge is 0.364 e. The van der Waals surface area contributed by atoms with Crippen molar-refractivity contribution >= 4 is 17.5 Å². The van der Waals surface area contributed by atoms with Crippen molar-refractivity contribution < 1.29 is 9.59 Å². The van der Waals surface area contributed by atoms with Gasteiger partial charge < -0.3 is 15.6 Å². The number of fused-ring (bicyclic) bond motifs is 1. The van der Waals surface area contributed by atoms with Crippen molar-refractivity contribution in [1.29, 1.82) is 0 Å². The highest BCUT2D eigenvalue weighted by atomic mass is 16.2. The van der Waals surface area contributed by atoms with Gasteiger partial charge in [-0.05, 0) is 54.7 Å². The first-order chi connectivity index (χ1) is 10.2. The van der Waals surface area contributed by atoms with Crippen LogP contribution in [0.1, 0.15) is 23.2 Å². The number of hydrogen-bond acceptors (Lipinski definition) is 2.